The van der Waals surface area contributed by atoms with E-state index in [4.69, 9.17) is 9.47 Å². The molecule has 2 aliphatic heterocycles. The van der Waals surface area contributed by atoms with Crippen LogP contribution in [0, 0.1) is 0 Å². The third-order valence-corrected chi connectivity index (χ3v) is 5.30. The van der Waals surface area contributed by atoms with Crippen molar-refractivity contribution in [1.82, 2.24) is 15.5 Å². The Hall–Kier alpha value is -2.00. The molecule has 0 atom stereocenters. The molecule has 0 aromatic heterocycles. The molecule has 7 heteroatoms. The van der Waals surface area contributed by atoms with Crippen LogP contribution in [0.25, 0.3) is 0 Å². The van der Waals surface area contributed by atoms with E-state index in [1.807, 2.05) is 19.2 Å². The lowest BCUT2D eigenvalue weighted by Crippen LogP contribution is -2.43. The number of nitrogens with one attached hydrogen (secondary N) is 2. The van der Waals surface area contributed by atoms with Gasteiger partial charge < -0.3 is 20.1 Å². The fourth-order valence-electron chi connectivity index (χ4n) is 3.72. The van der Waals surface area contributed by atoms with Gasteiger partial charge in [-0.15, -0.1) is 24.0 Å². The van der Waals surface area contributed by atoms with Crippen LogP contribution in [0.15, 0.2) is 47.5 Å². The second-order valence-electron chi connectivity index (χ2n) is 7.16. The highest BCUT2D eigenvalue weighted by atomic mass is 127. The molecule has 6 nitrogen and oxygen atoms in total. The minimum atomic E-state index is 0. The van der Waals surface area contributed by atoms with Crippen molar-refractivity contribution >= 4 is 29.9 Å². The van der Waals surface area contributed by atoms with Crippen LogP contribution in [0.3, 0.4) is 0 Å². The first-order valence-corrected chi connectivity index (χ1v) is 9.94. The van der Waals surface area contributed by atoms with Crippen LogP contribution >= 0.6 is 24.0 Å². The van der Waals surface area contributed by atoms with E-state index in [1.165, 1.54) is 16.7 Å². The fourth-order valence-corrected chi connectivity index (χ4v) is 3.72. The average molecular weight is 508 g/mol. The van der Waals surface area contributed by atoms with Gasteiger partial charge in [-0.25, -0.2) is 0 Å². The fraction of sp³-hybridized carbons (Fsp3) is 0.409. The van der Waals surface area contributed by atoms with Gasteiger partial charge >= 0.3 is 0 Å². The van der Waals surface area contributed by atoms with Crippen LogP contribution < -0.4 is 20.1 Å². The van der Waals surface area contributed by atoms with Gasteiger partial charge in [0.25, 0.3) is 0 Å². The number of hydrogen-bond acceptors (Lipinski definition) is 4. The highest BCUT2D eigenvalue weighted by Crippen LogP contribution is 2.32. The van der Waals surface area contributed by atoms with Gasteiger partial charge in [-0.2, -0.15) is 0 Å². The Labute approximate surface area is 189 Å². The highest BCUT2D eigenvalue weighted by Gasteiger charge is 2.15. The predicted octanol–water partition coefficient (Wildman–Crippen LogP) is 2.80. The summed E-state index contributed by atoms with van der Waals surface area (Å²) < 4.78 is 10.8. The molecule has 0 bridgehead atoms. The zero-order chi connectivity index (χ0) is 19.2. The molecule has 156 valence electrons. The Morgan fingerprint density at radius 1 is 1.03 bits per heavy atom. The van der Waals surface area contributed by atoms with Crippen LogP contribution in [0.1, 0.15) is 16.7 Å². The van der Waals surface area contributed by atoms with Crippen molar-refractivity contribution in [3.63, 3.8) is 0 Å². The zero-order valence-electron chi connectivity index (χ0n) is 16.8. The lowest BCUT2D eigenvalue weighted by atomic mass is 10.00. The van der Waals surface area contributed by atoms with Gasteiger partial charge in [0.1, 0.15) is 0 Å². The third kappa shape index (κ3) is 5.76. The van der Waals surface area contributed by atoms with Crippen LogP contribution in [0.2, 0.25) is 0 Å². The second-order valence-corrected chi connectivity index (χ2v) is 7.16. The number of aliphatic imine (C=N–C) groups is 1. The smallest absolute Gasteiger partial charge is 0.231 e. The van der Waals surface area contributed by atoms with Crippen molar-refractivity contribution in [3.05, 3.63) is 59.2 Å². The molecule has 0 spiro atoms. The topological polar surface area (TPSA) is 58.1 Å². The second kappa shape index (κ2) is 10.7. The van der Waals surface area contributed by atoms with E-state index in [0.29, 0.717) is 6.79 Å². The van der Waals surface area contributed by atoms with Gasteiger partial charge in [0.05, 0.1) is 0 Å². The molecule has 29 heavy (non-hydrogen) atoms. The number of guanidine groups is 1. The van der Waals surface area contributed by atoms with Crippen molar-refractivity contribution in [2.45, 2.75) is 19.4 Å². The Bertz CT molecular complexity index is 843. The normalized spacial score (nSPS) is 15.4. The molecule has 2 aromatic carbocycles. The maximum Gasteiger partial charge on any atom is 0.231 e. The summed E-state index contributed by atoms with van der Waals surface area (Å²) in [6.45, 7) is 5.18. The number of rotatable bonds is 6. The SMILES string of the molecule is CN=C(NCCc1ccc2c(c1)OCO2)NCCN1CCc2ccccc2C1.I. The summed E-state index contributed by atoms with van der Waals surface area (Å²) in [5.41, 5.74) is 4.17. The summed E-state index contributed by atoms with van der Waals surface area (Å²) in [6, 6.07) is 14.9. The molecule has 2 heterocycles. The summed E-state index contributed by atoms with van der Waals surface area (Å²) in [5, 5.41) is 6.81. The molecular formula is C22H29IN4O2. The average Bonchev–Trinajstić information content (AvgIpc) is 3.20. The Morgan fingerprint density at radius 3 is 2.69 bits per heavy atom. The number of halogens is 1. The minimum Gasteiger partial charge on any atom is -0.454 e. The van der Waals surface area contributed by atoms with Crippen LogP contribution in [-0.4, -0.2) is 50.9 Å². The molecule has 0 fully saturated rings. The van der Waals surface area contributed by atoms with Gasteiger partial charge in [-0.1, -0.05) is 30.3 Å². The summed E-state index contributed by atoms with van der Waals surface area (Å²) in [7, 11) is 1.81. The highest BCUT2D eigenvalue weighted by molar-refractivity contribution is 14.0. The van der Waals surface area contributed by atoms with Gasteiger partial charge in [-0.3, -0.25) is 9.89 Å². The van der Waals surface area contributed by atoms with Crippen molar-refractivity contribution in [2.75, 3.05) is 40.0 Å². The first-order chi connectivity index (χ1) is 13.8. The summed E-state index contributed by atoms with van der Waals surface area (Å²) in [5.74, 6) is 2.51. The third-order valence-electron chi connectivity index (χ3n) is 5.30. The lowest BCUT2D eigenvalue weighted by Gasteiger charge is -2.28. The molecule has 0 unspecified atom stereocenters. The molecule has 0 saturated heterocycles. The van der Waals surface area contributed by atoms with Crippen molar-refractivity contribution < 1.29 is 9.47 Å². The van der Waals surface area contributed by atoms with E-state index < -0.39 is 0 Å². The van der Waals surface area contributed by atoms with E-state index >= 15 is 0 Å². The molecular weight excluding hydrogens is 479 g/mol. The predicted molar refractivity (Wildman–Crippen MR) is 126 cm³/mol. The largest absolute Gasteiger partial charge is 0.454 e. The molecule has 4 rings (SSSR count). The maximum atomic E-state index is 5.44. The number of hydrogen-bond donors (Lipinski definition) is 2. The zero-order valence-corrected chi connectivity index (χ0v) is 19.1. The van der Waals surface area contributed by atoms with Gasteiger partial charge in [0.15, 0.2) is 17.5 Å². The first-order valence-electron chi connectivity index (χ1n) is 9.94. The Balaban J connectivity index is 0.00000240. The van der Waals surface area contributed by atoms with E-state index in [0.717, 1.165) is 63.0 Å². The van der Waals surface area contributed by atoms with E-state index in [2.05, 4.69) is 50.9 Å². The molecule has 2 aromatic rings. The van der Waals surface area contributed by atoms with Crippen molar-refractivity contribution in [3.8, 4) is 11.5 Å². The van der Waals surface area contributed by atoms with E-state index in [-0.39, 0.29) is 24.0 Å². The summed E-state index contributed by atoms with van der Waals surface area (Å²) in [4.78, 5) is 6.82. The molecule has 0 radical (unpaired) electrons. The summed E-state index contributed by atoms with van der Waals surface area (Å²) >= 11 is 0. The van der Waals surface area contributed by atoms with Gasteiger partial charge in [0, 0.05) is 39.8 Å². The van der Waals surface area contributed by atoms with Crippen molar-refractivity contribution in [1.29, 1.82) is 0 Å². The molecule has 0 saturated carbocycles. The van der Waals surface area contributed by atoms with Gasteiger partial charge in [-0.05, 0) is 41.7 Å². The minimum absolute atomic E-state index is 0. The van der Waals surface area contributed by atoms with Crippen LogP contribution in [0.4, 0.5) is 0 Å². The number of fused-ring (bicyclic) bond motifs is 2. The number of nitrogens with zero attached hydrogens (tertiary/aromatic N) is 2. The quantitative estimate of drug-likeness (QED) is 0.357. The molecule has 2 N–H and O–H groups in total. The van der Waals surface area contributed by atoms with E-state index in [1.54, 1.807) is 0 Å². The molecule has 2 aliphatic rings. The monoisotopic (exact) mass is 508 g/mol. The van der Waals surface area contributed by atoms with E-state index in [9.17, 15) is 0 Å². The molecule has 0 amide bonds. The lowest BCUT2D eigenvalue weighted by molar-refractivity contribution is 0.174. The standard InChI is InChI=1S/C22H28N4O2.HI/c1-23-22(24-10-8-17-6-7-20-21(14-17)28-16-27-20)25-11-13-26-12-9-18-4-2-3-5-19(18)15-26;/h2-7,14H,8-13,15-16H2,1H3,(H2,23,24,25);1H. The van der Waals surface area contributed by atoms with Crippen LogP contribution in [-0.2, 0) is 19.4 Å². The molecule has 0 aliphatic carbocycles. The maximum absolute atomic E-state index is 5.44. The van der Waals surface area contributed by atoms with Crippen molar-refractivity contribution in [2.24, 2.45) is 4.99 Å². The Kier molecular flexibility index (Phi) is 8.00. The van der Waals surface area contributed by atoms with Crippen LogP contribution in [0.5, 0.6) is 11.5 Å². The number of benzene rings is 2. The number of ether oxygens (including phenoxy) is 2. The van der Waals surface area contributed by atoms with Gasteiger partial charge in [0.2, 0.25) is 6.79 Å². The summed E-state index contributed by atoms with van der Waals surface area (Å²) in [6.07, 6.45) is 2.04. The Morgan fingerprint density at radius 2 is 1.83 bits per heavy atom. The first kappa shape index (κ1) is 21.7.